The van der Waals surface area contributed by atoms with Crippen LogP contribution in [0.5, 0.6) is 5.75 Å². The van der Waals surface area contributed by atoms with E-state index in [1.54, 1.807) is 18.2 Å². The van der Waals surface area contributed by atoms with Gasteiger partial charge in [0.25, 0.3) is 5.91 Å². The first-order chi connectivity index (χ1) is 11.6. The van der Waals surface area contributed by atoms with Crippen LogP contribution < -0.4 is 10.2 Å². The highest BCUT2D eigenvalue weighted by atomic mass is 35.5. The largest absolute Gasteiger partial charge is 0.484 e. The average molecular weight is 343 g/mol. The zero-order valence-corrected chi connectivity index (χ0v) is 14.3. The van der Waals surface area contributed by atoms with Gasteiger partial charge >= 0.3 is 0 Å². The highest BCUT2D eigenvalue weighted by Crippen LogP contribution is 2.22. The van der Waals surface area contributed by atoms with Gasteiger partial charge in [-0.3, -0.25) is 4.79 Å². The quantitative estimate of drug-likeness (QED) is 0.857. The topological polar surface area (TPSA) is 50.7 Å². The lowest BCUT2D eigenvalue weighted by Crippen LogP contribution is -2.27. The lowest BCUT2D eigenvalue weighted by atomic mass is 9.90. The molecule has 0 heterocycles. The number of carbonyl (C=O) groups excluding carboxylic acids is 1. The summed E-state index contributed by atoms with van der Waals surface area (Å²) >= 11 is 5.97. The summed E-state index contributed by atoms with van der Waals surface area (Å²) < 4.78 is 5.47. The molecule has 0 atom stereocenters. The van der Waals surface area contributed by atoms with E-state index in [0.717, 1.165) is 36.1 Å². The molecule has 1 amide bonds. The van der Waals surface area contributed by atoms with Crippen molar-refractivity contribution in [2.45, 2.75) is 26.2 Å². The fourth-order valence-corrected chi connectivity index (χ4v) is 2.85. The third-order valence-corrected chi connectivity index (χ3v) is 4.43. The number of carbonyl (C=O) groups is 1. The number of ether oxygens (including phenoxy) is 1. The smallest absolute Gasteiger partial charge is 0.277 e. The normalized spacial score (nSPS) is 15.0. The molecular formula is C19H19ClN2O2. The van der Waals surface area contributed by atoms with Gasteiger partial charge in [-0.1, -0.05) is 35.9 Å². The Bertz CT molecular complexity index is 787. The summed E-state index contributed by atoms with van der Waals surface area (Å²) in [6, 6.07) is 13.5. The Hall–Kier alpha value is -2.33. The maximum absolute atomic E-state index is 12.0. The van der Waals surface area contributed by atoms with Crippen molar-refractivity contribution in [3.8, 4) is 5.75 Å². The molecule has 24 heavy (non-hydrogen) atoms. The molecule has 4 nitrogen and oxygen atoms in total. The van der Waals surface area contributed by atoms with Gasteiger partial charge < -0.3 is 4.74 Å². The molecule has 0 aromatic heterocycles. The van der Waals surface area contributed by atoms with Crippen molar-refractivity contribution < 1.29 is 9.53 Å². The molecule has 124 valence electrons. The second-order valence-electron chi connectivity index (χ2n) is 5.80. The van der Waals surface area contributed by atoms with Crippen LogP contribution in [-0.2, 0) is 11.2 Å². The number of hydrogen-bond donors (Lipinski definition) is 1. The number of benzene rings is 2. The van der Waals surface area contributed by atoms with E-state index < -0.39 is 0 Å². The van der Waals surface area contributed by atoms with E-state index in [9.17, 15) is 4.79 Å². The highest BCUT2D eigenvalue weighted by Gasteiger charge is 2.15. The number of fused-ring (bicyclic) bond motifs is 1. The standard InChI is InChI=1S/C19H19ClN2O2/c1-13-11-15(9-10-17(13)20)24-12-19(23)22-21-18-8-4-6-14-5-2-3-7-16(14)18/h2-3,5,7,9-11H,4,6,8,12H2,1H3,(H,22,23)/b21-18+. The summed E-state index contributed by atoms with van der Waals surface area (Å²) in [4.78, 5) is 12.0. The van der Waals surface area contributed by atoms with E-state index in [-0.39, 0.29) is 12.5 Å². The first-order valence-corrected chi connectivity index (χ1v) is 8.34. The average Bonchev–Trinajstić information content (AvgIpc) is 2.61. The molecule has 1 aliphatic rings. The minimum atomic E-state index is -0.279. The second-order valence-corrected chi connectivity index (χ2v) is 6.21. The van der Waals surface area contributed by atoms with Crippen LogP contribution in [-0.4, -0.2) is 18.2 Å². The van der Waals surface area contributed by atoms with Crippen LogP contribution in [0, 0.1) is 6.92 Å². The van der Waals surface area contributed by atoms with E-state index in [1.165, 1.54) is 5.56 Å². The van der Waals surface area contributed by atoms with Crippen molar-refractivity contribution in [2.24, 2.45) is 5.10 Å². The molecule has 0 saturated heterocycles. The molecule has 5 heteroatoms. The van der Waals surface area contributed by atoms with E-state index in [2.05, 4.69) is 16.6 Å². The summed E-state index contributed by atoms with van der Waals surface area (Å²) in [5.74, 6) is 0.334. The van der Waals surface area contributed by atoms with Crippen molar-refractivity contribution in [3.05, 3.63) is 64.2 Å². The summed E-state index contributed by atoms with van der Waals surface area (Å²) in [6.45, 7) is 1.81. The maximum Gasteiger partial charge on any atom is 0.277 e. The summed E-state index contributed by atoms with van der Waals surface area (Å²) in [7, 11) is 0. The van der Waals surface area contributed by atoms with Crippen molar-refractivity contribution >= 4 is 23.2 Å². The molecule has 0 saturated carbocycles. The zero-order chi connectivity index (χ0) is 16.9. The van der Waals surface area contributed by atoms with E-state index in [4.69, 9.17) is 16.3 Å². The molecule has 0 radical (unpaired) electrons. The summed E-state index contributed by atoms with van der Waals surface area (Å²) in [5, 5.41) is 4.96. The van der Waals surface area contributed by atoms with Crippen LogP contribution in [0.4, 0.5) is 0 Å². The number of nitrogens with zero attached hydrogens (tertiary/aromatic N) is 1. The number of rotatable bonds is 4. The highest BCUT2D eigenvalue weighted by molar-refractivity contribution is 6.31. The first kappa shape index (κ1) is 16.5. The van der Waals surface area contributed by atoms with Crippen LogP contribution in [0.25, 0.3) is 0 Å². The van der Waals surface area contributed by atoms with Crippen LogP contribution in [0.3, 0.4) is 0 Å². The van der Waals surface area contributed by atoms with Crippen molar-refractivity contribution in [2.75, 3.05) is 6.61 Å². The molecule has 0 unspecified atom stereocenters. The van der Waals surface area contributed by atoms with Gasteiger partial charge in [-0.05, 0) is 55.5 Å². The predicted molar refractivity (Wildman–Crippen MR) is 95.7 cm³/mol. The van der Waals surface area contributed by atoms with E-state index in [1.807, 2.05) is 25.1 Å². The van der Waals surface area contributed by atoms with Crippen molar-refractivity contribution in [1.29, 1.82) is 0 Å². The zero-order valence-electron chi connectivity index (χ0n) is 13.5. The number of aryl methyl sites for hydroxylation is 2. The molecule has 2 aromatic rings. The number of hydrazone groups is 1. The molecule has 1 aliphatic carbocycles. The second kappa shape index (κ2) is 7.49. The molecule has 0 aliphatic heterocycles. The Labute approximate surface area is 146 Å². The van der Waals surface area contributed by atoms with Crippen LogP contribution >= 0.6 is 11.6 Å². The molecule has 0 fully saturated rings. The molecule has 2 aromatic carbocycles. The third-order valence-electron chi connectivity index (χ3n) is 4.00. The molecule has 3 rings (SSSR count). The van der Waals surface area contributed by atoms with Gasteiger partial charge in [0, 0.05) is 10.6 Å². The number of hydrogen-bond acceptors (Lipinski definition) is 3. The molecule has 0 spiro atoms. The molecule has 0 bridgehead atoms. The maximum atomic E-state index is 12.0. The molecule has 1 N–H and O–H groups in total. The lowest BCUT2D eigenvalue weighted by Gasteiger charge is -2.17. The van der Waals surface area contributed by atoms with Gasteiger partial charge in [0.2, 0.25) is 0 Å². The number of nitrogens with one attached hydrogen (secondary N) is 1. The Morgan fingerprint density at radius 3 is 2.92 bits per heavy atom. The Morgan fingerprint density at radius 2 is 2.08 bits per heavy atom. The van der Waals surface area contributed by atoms with Gasteiger partial charge in [0.1, 0.15) is 5.75 Å². The minimum absolute atomic E-state index is 0.0838. The van der Waals surface area contributed by atoms with Gasteiger partial charge in [0.15, 0.2) is 6.61 Å². The Balaban J connectivity index is 1.59. The number of halogens is 1. The monoisotopic (exact) mass is 342 g/mol. The summed E-state index contributed by atoms with van der Waals surface area (Å²) in [6.07, 6.45) is 2.98. The van der Waals surface area contributed by atoms with E-state index in [0.29, 0.717) is 10.8 Å². The summed E-state index contributed by atoms with van der Waals surface area (Å²) in [5.41, 5.74) is 6.83. The van der Waals surface area contributed by atoms with Gasteiger partial charge in [-0.25, -0.2) is 5.43 Å². The van der Waals surface area contributed by atoms with Crippen LogP contribution in [0.1, 0.15) is 29.5 Å². The SMILES string of the molecule is Cc1cc(OCC(=O)N/N=C2\CCCc3ccccc32)ccc1Cl. The minimum Gasteiger partial charge on any atom is -0.484 e. The Morgan fingerprint density at radius 1 is 1.25 bits per heavy atom. The van der Waals surface area contributed by atoms with Gasteiger partial charge in [-0.2, -0.15) is 5.10 Å². The van der Waals surface area contributed by atoms with Crippen LogP contribution in [0.15, 0.2) is 47.6 Å². The first-order valence-electron chi connectivity index (χ1n) is 7.96. The van der Waals surface area contributed by atoms with Gasteiger partial charge in [0.05, 0.1) is 5.71 Å². The van der Waals surface area contributed by atoms with Gasteiger partial charge in [-0.15, -0.1) is 0 Å². The Kier molecular flexibility index (Phi) is 5.16. The molecular weight excluding hydrogens is 324 g/mol. The van der Waals surface area contributed by atoms with E-state index >= 15 is 0 Å². The van der Waals surface area contributed by atoms with Crippen molar-refractivity contribution in [3.63, 3.8) is 0 Å². The fraction of sp³-hybridized carbons (Fsp3) is 0.263. The third kappa shape index (κ3) is 3.95. The predicted octanol–water partition coefficient (Wildman–Crippen LogP) is 3.88. The van der Waals surface area contributed by atoms with Crippen molar-refractivity contribution in [1.82, 2.24) is 5.43 Å². The van der Waals surface area contributed by atoms with Crippen LogP contribution in [0.2, 0.25) is 5.02 Å². The number of amides is 1. The fourth-order valence-electron chi connectivity index (χ4n) is 2.73. The lowest BCUT2D eigenvalue weighted by molar-refractivity contribution is -0.123.